The van der Waals surface area contributed by atoms with Crippen LogP contribution in [0.1, 0.15) is 68.1 Å². The molecule has 144 valence electrons. The van der Waals surface area contributed by atoms with Gasteiger partial charge >= 0.3 is 0 Å². The summed E-state index contributed by atoms with van der Waals surface area (Å²) in [6.07, 6.45) is 7.21. The van der Waals surface area contributed by atoms with Gasteiger partial charge in [0, 0.05) is 11.1 Å². The molecule has 1 fully saturated rings. The molecule has 2 aromatic carbocycles. The molecule has 0 spiro atoms. The van der Waals surface area contributed by atoms with E-state index in [-0.39, 0.29) is 11.1 Å². The molecule has 0 saturated heterocycles. The van der Waals surface area contributed by atoms with E-state index in [1.165, 1.54) is 25.7 Å². The lowest BCUT2D eigenvalue weighted by Gasteiger charge is -2.28. The normalized spacial score (nSPS) is 21.1. The molecular formula is C23H24F4. The maximum atomic E-state index is 14.4. The van der Waals surface area contributed by atoms with Crippen molar-refractivity contribution >= 4 is 11.7 Å². The molecule has 0 heterocycles. The van der Waals surface area contributed by atoms with E-state index in [0.29, 0.717) is 12.0 Å². The third-order valence-corrected chi connectivity index (χ3v) is 5.54. The fraction of sp³-hybridized carbons (Fsp3) is 0.391. The van der Waals surface area contributed by atoms with Crippen molar-refractivity contribution in [2.75, 3.05) is 0 Å². The Labute approximate surface area is 157 Å². The first-order valence-electron chi connectivity index (χ1n) is 9.60. The van der Waals surface area contributed by atoms with E-state index in [2.05, 4.69) is 6.92 Å². The van der Waals surface area contributed by atoms with E-state index >= 15 is 0 Å². The molecule has 1 aliphatic rings. The zero-order valence-electron chi connectivity index (χ0n) is 15.5. The van der Waals surface area contributed by atoms with E-state index in [1.54, 1.807) is 12.1 Å². The highest BCUT2D eigenvalue weighted by molar-refractivity contribution is 5.83. The summed E-state index contributed by atoms with van der Waals surface area (Å²) in [6, 6.07) is 9.28. The summed E-state index contributed by atoms with van der Waals surface area (Å²) in [6.45, 7) is 2.21. The summed E-state index contributed by atoms with van der Waals surface area (Å²) in [5.74, 6) is -3.28. The van der Waals surface area contributed by atoms with Crippen LogP contribution in [-0.4, -0.2) is 0 Å². The number of benzene rings is 2. The van der Waals surface area contributed by atoms with E-state index in [4.69, 9.17) is 0 Å². The fourth-order valence-electron chi connectivity index (χ4n) is 3.98. The summed E-state index contributed by atoms with van der Waals surface area (Å²) >= 11 is 0. The lowest BCUT2D eigenvalue weighted by molar-refractivity contribution is 0.308. The second kappa shape index (κ2) is 8.73. The smallest absolute Gasteiger partial charge is 0.166 e. The Hall–Kier alpha value is -2.10. The highest BCUT2D eigenvalue weighted by atomic mass is 19.2. The zero-order valence-corrected chi connectivity index (χ0v) is 15.5. The number of hydrogen-bond donors (Lipinski definition) is 0. The average molecular weight is 376 g/mol. The number of rotatable bonds is 5. The topological polar surface area (TPSA) is 0 Å². The SMILES string of the molecule is CCCC1CCC(c2ccc(C(F)=C(F)c3ccc(F)c(F)c3)cc2)CC1. The predicted molar refractivity (Wildman–Crippen MR) is 101 cm³/mol. The van der Waals surface area contributed by atoms with Crippen LogP contribution in [0, 0.1) is 17.6 Å². The van der Waals surface area contributed by atoms with Crippen LogP contribution in [-0.2, 0) is 0 Å². The van der Waals surface area contributed by atoms with Gasteiger partial charge in [0.25, 0.3) is 0 Å². The number of hydrogen-bond acceptors (Lipinski definition) is 0. The average Bonchev–Trinajstić information content (AvgIpc) is 2.70. The van der Waals surface area contributed by atoms with Crippen molar-refractivity contribution in [3.05, 3.63) is 70.8 Å². The summed E-state index contributed by atoms with van der Waals surface area (Å²) in [7, 11) is 0. The van der Waals surface area contributed by atoms with Crippen molar-refractivity contribution in [1.29, 1.82) is 0 Å². The molecule has 27 heavy (non-hydrogen) atoms. The molecule has 0 nitrogen and oxygen atoms in total. The lowest BCUT2D eigenvalue weighted by Crippen LogP contribution is -2.13. The Kier molecular flexibility index (Phi) is 6.35. The van der Waals surface area contributed by atoms with Crippen LogP contribution in [0.2, 0.25) is 0 Å². The minimum Gasteiger partial charge on any atom is -0.204 e. The maximum absolute atomic E-state index is 14.4. The minimum absolute atomic E-state index is 0.0978. The highest BCUT2D eigenvalue weighted by Crippen LogP contribution is 2.38. The second-order valence-electron chi connectivity index (χ2n) is 7.39. The van der Waals surface area contributed by atoms with Crippen molar-refractivity contribution in [3.8, 4) is 0 Å². The molecule has 0 bridgehead atoms. The molecule has 0 aliphatic heterocycles. The first-order chi connectivity index (χ1) is 13.0. The highest BCUT2D eigenvalue weighted by Gasteiger charge is 2.22. The van der Waals surface area contributed by atoms with Gasteiger partial charge in [-0.1, -0.05) is 44.0 Å². The standard InChI is InChI=1S/C23H24F4/c1-2-3-15-4-6-16(7-5-15)17-8-10-18(11-9-17)22(26)23(27)19-12-13-20(24)21(25)14-19/h8-16H,2-7H2,1H3. The van der Waals surface area contributed by atoms with Crippen LogP contribution in [0.4, 0.5) is 17.6 Å². The summed E-state index contributed by atoms with van der Waals surface area (Å²) < 4.78 is 55.0. The van der Waals surface area contributed by atoms with Gasteiger partial charge in [0.1, 0.15) is 0 Å². The largest absolute Gasteiger partial charge is 0.204 e. The van der Waals surface area contributed by atoms with Gasteiger partial charge in [0.2, 0.25) is 0 Å². The van der Waals surface area contributed by atoms with Gasteiger partial charge in [-0.05, 0) is 61.3 Å². The van der Waals surface area contributed by atoms with Crippen molar-refractivity contribution in [2.24, 2.45) is 5.92 Å². The van der Waals surface area contributed by atoms with Gasteiger partial charge < -0.3 is 0 Å². The van der Waals surface area contributed by atoms with Crippen LogP contribution in [0.15, 0.2) is 42.5 Å². The molecule has 0 aromatic heterocycles. The molecule has 0 unspecified atom stereocenters. The molecule has 1 aliphatic carbocycles. The van der Waals surface area contributed by atoms with Gasteiger partial charge in [-0.15, -0.1) is 0 Å². The molecule has 0 radical (unpaired) electrons. The summed E-state index contributed by atoms with van der Waals surface area (Å²) in [5, 5.41) is 0. The maximum Gasteiger partial charge on any atom is 0.166 e. The molecule has 2 aromatic rings. The van der Waals surface area contributed by atoms with Crippen molar-refractivity contribution in [1.82, 2.24) is 0 Å². The van der Waals surface area contributed by atoms with Crippen LogP contribution in [0.5, 0.6) is 0 Å². The van der Waals surface area contributed by atoms with Crippen molar-refractivity contribution in [3.63, 3.8) is 0 Å². The molecule has 0 amide bonds. The monoisotopic (exact) mass is 376 g/mol. The summed E-state index contributed by atoms with van der Waals surface area (Å²) in [5.41, 5.74) is 0.931. The molecule has 3 rings (SSSR count). The quantitative estimate of drug-likeness (QED) is 0.369. The van der Waals surface area contributed by atoms with Gasteiger partial charge in [0.05, 0.1) is 0 Å². The molecular weight excluding hydrogens is 352 g/mol. The van der Waals surface area contributed by atoms with Gasteiger partial charge in [-0.25, -0.2) is 17.6 Å². The van der Waals surface area contributed by atoms with Crippen molar-refractivity contribution < 1.29 is 17.6 Å². The first-order valence-corrected chi connectivity index (χ1v) is 9.60. The minimum atomic E-state index is -1.20. The second-order valence-corrected chi connectivity index (χ2v) is 7.39. The molecule has 4 heteroatoms. The Balaban J connectivity index is 1.73. The third kappa shape index (κ3) is 4.60. The predicted octanol–water partition coefficient (Wildman–Crippen LogP) is 7.80. The molecule has 0 atom stereocenters. The number of halogens is 4. The van der Waals surface area contributed by atoms with E-state index < -0.39 is 23.3 Å². The third-order valence-electron chi connectivity index (χ3n) is 5.54. The van der Waals surface area contributed by atoms with E-state index in [0.717, 1.165) is 36.5 Å². The summed E-state index contributed by atoms with van der Waals surface area (Å²) in [4.78, 5) is 0. The molecule has 0 N–H and O–H groups in total. The molecule has 1 saturated carbocycles. The van der Waals surface area contributed by atoms with Crippen LogP contribution in [0.3, 0.4) is 0 Å². The van der Waals surface area contributed by atoms with Gasteiger partial charge in [-0.3, -0.25) is 0 Å². The fourth-order valence-corrected chi connectivity index (χ4v) is 3.98. The van der Waals surface area contributed by atoms with E-state index in [1.807, 2.05) is 12.1 Å². The van der Waals surface area contributed by atoms with Crippen LogP contribution in [0.25, 0.3) is 11.7 Å². The Morgan fingerprint density at radius 1 is 0.815 bits per heavy atom. The van der Waals surface area contributed by atoms with E-state index in [9.17, 15) is 17.6 Å². The Morgan fingerprint density at radius 3 is 2.00 bits per heavy atom. The lowest BCUT2D eigenvalue weighted by atomic mass is 9.77. The Bertz CT molecular complexity index is 800. The Morgan fingerprint density at radius 2 is 1.41 bits per heavy atom. The van der Waals surface area contributed by atoms with Gasteiger partial charge in [0.15, 0.2) is 23.3 Å². The van der Waals surface area contributed by atoms with Crippen LogP contribution >= 0.6 is 0 Å². The van der Waals surface area contributed by atoms with Crippen LogP contribution < -0.4 is 0 Å². The van der Waals surface area contributed by atoms with Crippen molar-refractivity contribution in [2.45, 2.75) is 51.4 Å². The van der Waals surface area contributed by atoms with Gasteiger partial charge in [-0.2, -0.15) is 0 Å². The zero-order chi connectivity index (χ0) is 19.4. The first kappa shape index (κ1) is 19.7.